The molecule has 0 atom stereocenters. The molecule has 4 nitrogen and oxygen atoms in total. The van der Waals surface area contributed by atoms with Crippen molar-refractivity contribution in [2.24, 2.45) is 0 Å². The van der Waals surface area contributed by atoms with Crippen LogP contribution in [0.1, 0.15) is 19.3 Å². The quantitative estimate of drug-likeness (QED) is 0.353. The van der Waals surface area contributed by atoms with Crippen LogP contribution in [0.25, 0.3) is 27.4 Å². The lowest BCUT2D eigenvalue weighted by atomic mass is 10.1. The van der Waals surface area contributed by atoms with Crippen molar-refractivity contribution in [3.05, 3.63) is 48.0 Å². The summed E-state index contributed by atoms with van der Waals surface area (Å²) < 4.78 is 4.64. The Balaban J connectivity index is 0.00000105. The largest absolute Gasteiger partial charge is 0.308 e. The molecule has 0 radical (unpaired) electrons. The van der Waals surface area contributed by atoms with E-state index in [1.54, 1.807) is 11.3 Å². The van der Waals surface area contributed by atoms with Crippen molar-refractivity contribution >= 4 is 62.1 Å². The van der Waals surface area contributed by atoms with Crippen molar-refractivity contribution in [2.45, 2.75) is 25.8 Å². The molecule has 5 rings (SSSR count). The minimum absolute atomic E-state index is 0. The Morgan fingerprint density at radius 3 is 2.41 bits per heavy atom. The van der Waals surface area contributed by atoms with Crippen LogP contribution in [0.2, 0.25) is 0 Å². The number of halogens is 2. The summed E-state index contributed by atoms with van der Waals surface area (Å²) >= 11 is 1.75. The van der Waals surface area contributed by atoms with E-state index < -0.39 is 0 Å². The first-order valence-corrected chi connectivity index (χ1v) is 10.0. The number of aromatic nitrogens is 3. The molecule has 0 bridgehead atoms. The number of hydrogen-bond acceptors (Lipinski definition) is 3. The monoisotopic (exact) mass is 510 g/mol. The molecule has 3 aromatic heterocycles. The lowest BCUT2D eigenvalue weighted by molar-refractivity contribution is 0.222. The van der Waals surface area contributed by atoms with Gasteiger partial charge < -0.3 is 9.47 Å². The van der Waals surface area contributed by atoms with Crippen molar-refractivity contribution in [3.8, 4) is 10.6 Å². The summed E-state index contributed by atoms with van der Waals surface area (Å²) in [6.45, 7) is 4.59. The maximum absolute atomic E-state index is 4.97. The van der Waals surface area contributed by atoms with E-state index in [0.717, 1.165) is 24.6 Å². The summed E-state index contributed by atoms with van der Waals surface area (Å²) in [5.74, 6) is 1.06. The van der Waals surface area contributed by atoms with E-state index in [-0.39, 0.29) is 34.0 Å². The summed E-state index contributed by atoms with van der Waals surface area (Å²) in [6.07, 6.45) is 6.25. The van der Waals surface area contributed by atoms with Crippen molar-refractivity contribution in [3.63, 3.8) is 0 Å². The van der Waals surface area contributed by atoms with Gasteiger partial charge in [0.05, 0.1) is 15.9 Å². The minimum atomic E-state index is 0. The van der Waals surface area contributed by atoms with Gasteiger partial charge in [0, 0.05) is 19.3 Å². The molecular formula is C20H24Br2N4S. The number of piperidine rings is 1. The van der Waals surface area contributed by atoms with Crippen molar-refractivity contribution in [1.29, 1.82) is 0 Å². The van der Waals surface area contributed by atoms with Crippen LogP contribution in [0.15, 0.2) is 48.0 Å². The van der Waals surface area contributed by atoms with Crippen molar-refractivity contribution in [1.82, 2.24) is 18.9 Å². The Bertz CT molecular complexity index is 1000. The summed E-state index contributed by atoms with van der Waals surface area (Å²) in [7, 11) is 0. The highest BCUT2D eigenvalue weighted by Gasteiger charge is 2.16. The van der Waals surface area contributed by atoms with Crippen LogP contribution in [0, 0.1) is 0 Å². The second-order valence-electron chi connectivity index (χ2n) is 6.82. The number of likely N-dealkylation sites (tertiary alicyclic amines) is 1. The first-order valence-electron chi connectivity index (χ1n) is 9.13. The molecule has 0 aliphatic carbocycles. The van der Waals surface area contributed by atoms with E-state index >= 15 is 0 Å². The van der Waals surface area contributed by atoms with E-state index in [9.17, 15) is 0 Å². The summed E-state index contributed by atoms with van der Waals surface area (Å²) in [5.41, 5.74) is 3.59. The summed E-state index contributed by atoms with van der Waals surface area (Å²) in [5, 5.41) is 2.11. The molecule has 0 spiro atoms. The van der Waals surface area contributed by atoms with Gasteiger partial charge in [0.25, 0.3) is 0 Å². The SMILES string of the molecule is Br.Br.c1csc(-c2cn3c4ccccc4n(CCN4CCCCC4)c3n2)c1. The third-order valence-corrected chi connectivity index (χ3v) is 6.12. The molecule has 0 amide bonds. The molecule has 1 fully saturated rings. The van der Waals surface area contributed by atoms with Crippen LogP contribution in [0.4, 0.5) is 0 Å². The molecule has 0 N–H and O–H groups in total. The fraction of sp³-hybridized carbons (Fsp3) is 0.350. The molecule has 1 aliphatic heterocycles. The normalized spacial score (nSPS) is 15.0. The van der Waals surface area contributed by atoms with Crippen LogP contribution in [0.5, 0.6) is 0 Å². The van der Waals surface area contributed by atoms with Gasteiger partial charge in [-0.25, -0.2) is 4.98 Å². The molecule has 7 heteroatoms. The second-order valence-corrected chi connectivity index (χ2v) is 7.76. The van der Waals surface area contributed by atoms with Gasteiger partial charge in [-0.15, -0.1) is 45.3 Å². The van der Waals surface area contributed by atoms with Gasteiger partial charge in [-0.2, -0.15) is 0 Å². The summed E-state index contributed by atoms with van der Waals surface area (Å²) in [6, 6.07) is 12.9. The third kappa shape index (κ3) is 3.88. The van der Waals surface area contributed by atoms with E-state index in [1.165, 1.54) is 48.3 Å². The molecule has 0 saturated carbocycles. The van der Waals surface area contributed by atoms with Gasteiger partial charge in [-0.05, 0) is 49.5 Å². The van der Waals surface area contributed by atoms with Gasteiger partial charge in [0.15, 0.2) is 0 Å². The molecule has 144 valence electrons. The zero-order valence-electron chi connectivity index (χ0n) is 15.1. The Morgan fingerprint density at radius 1 is 0.889 bits per heavy atom. The van der Waals surface area contributed by atoms with Crippen LogP contribution in [0.3, 0.4) is 0 Å². The Hall–Kier alpha value is -1.15. The molecule has 27 heavy (non-hydrogen) atoms. The van der Waals surface area contributed by atoms with Crippen LogP contribution >= 0.6 is 45.3 Å². The number of imidazole rings is 2. The number of fused-ring (bicyclic) bond motifs is 3. The fourth-order valence-corrected chi connectivity index (χ4v) is 4.61. The predicted octanol–water partition coefficient (Wildman–Crippen LogP) is 5.66. The number of nitrogens with zero attached hydrogens (tertiary/aromatic N) is 4. The van der Waals surface area contributed by atoms with Crippen LogP contribution in [-0.2, 0) is 6.54 Å². The number of thiophene rings is 1. The van der Waals surface area contributed by atoms with Crippen LogP contribution in [-0.4, -0.2) is 38.5 Å². The first-order chi connectivity index (χ1) is 12.4. The maximum atomic E-state index is 4.97. The average molecular weight is 512 g/mol. The number of hydrogen-bond donors (Lipinski definition) is 0. The minimum Gasteiger partial charge on any atom is -0.308 e. The van der Waals surface area contributed by atoms with Gasteiger partial charge in [0.2, 0.25) is 5.78 Å². The summed E-state index contributed by atoms with van der Waals surface area (Å²) in [4.78, 5) is 8.80. The maximum Gasteiger partial charge on any atom is 0.215 e. The molecule has 1 aromatic carbocycles. The second kappa shape index (κ2) is 8.90. The number of benzene rings is 1. The van der Waals surface area contributed by atoms with E-state index in [0.29, 0.717) is 0 Å². The average Bonchev–Trinajstić information content (AvgIpc) is 3.37. The Morgan fingerprint density at radius 2 is 1.67 bits per heavy atom. The number of para-hydroxylation sites is 2. The smallest absolute Gasteiger partial charge is 0.215 e. The van der Waals surface area contributed by atoms with Gasteiger partial charge in [-0.1, -0.05) is 24.6 Å². The third-order valence-electron chi connectivity index (χ3n) is 5.22. The number of rotatable bonds is 4. The topological polar surface area (TPSA) is 25.5 Å². The molecule has 0 unspecified atom stereocenters. The van der Waals surface area contributed by atoms with Crippen molar-refractivity contribution in [2.75, 3.05) is 19.6 Å². The lowest BCUT2D eigenvalue weighted by Gasteiger charge is -2.26. The molecule has 4 aromatic rings. The van der Waals surface area contributed by atoms with Crippen molar-refractivity contribution < 1.29 is 0 Å². The van der Waals surface area contributed by atoms with E-state index in [4.69, 9.17) is 4.98 Å². The predicted molar refractivity (Wildman–Crippen MR) is 125 cm³/mol. The lowest BCUT2D eigenvalue weighted by Crippen LogP contribution is -2.32. The molecule has 4 heterocycles. The van der Waals surface area contributed by atoms with E-state index in [1.807, 2.05) is 0 Å². The fourth-order valence-electron chi connectivity index (χ4n) is 3.93. The first kappa shape index (κ1) is 20.6. The Kier molecular flexibility index (Phi) is 6.78. The highest BCUT2D eigenvalue weighted by Crippen LogP contribution is 2.28. The highest BCUT2D eigenvalue weighted by molar-refractivity contribution is 8.93. The van der Waals surface area contributed by atoms with E-state index in [2.05, 4.69) is 61.8 Å². The zero-order valence-corrected chi connectivity index (χ0v) is 19.3. The zero-order chi connectivity index (χ0) is 16.6. The van der Waals surface area contributed by atoms with Gasteiger partial charge in [-0.3, -0.25) is 4.40 Å². The molecule has 1 saturated heterocycles. The van der Waals surface area contributed by atoms with Gasteiger partial charge in [0.1, 0.15) is 5.69 Å². The molecular weight excluding hydrogens is 488 g/mol. The highest BCUT2D eigenvalue weighted by atomic mass is 79.9. The molecule has 1 aliphatic rings. The van der Waals surface area contributed by atoms with Gasteiger partial charge >= 0.3 is 0 Å². The Labute approximate surface area is 184 Å². The standard InChI is InChI=1S/C20H22N4S.2BrH/c1-4-10-22(11-5-1)12-13-23-17-7-2-3-8-18(17)24-15-16(21-20(23)24)19-9-6-14-25-19;;/h2-3,6-9,14-15H,1,4-5,10-13H2;2*1H. The van der Waals surface area contributed by atoms with Crippen LogP contribution < -0.4 is 0 Å².